The van der Waals surface area contributed by atoms with Crippen molar-refractivity contribution in [3.05, 3.63) is 36.4 Å². The summed E-state index contributed by atoms with van der Waals surface area (Å²) >= 11 is 0. The average Bonchev–Trinajstić information content (AvgIpc) is 3.25. The van der Waals surface area contributed by atoms with Gasteiger partial charge in [-0.2, -0.15) is 0 Å². The number of ether oxygens (including phenoxy) is 2. The minimum absolute atomic E-state index is 0.0661. The van der Waals surface area contributed by atoms with Crippen LogP contribution in [0.4, 0.5) is 10.5 Å². The van der Waals surface area contributed by atoms with E-state index in [1.807, 2.05) is 42.5 Å². The van der Waals surface area contributed by atoms with Crippen molar-refractivity contribution < 1.29 is 14.3 Å². The van der Waals surface area contributed by atoms with Gasteiger partial charge in [0.15, 0.2) is 11.5 Å². The van der Waals surface area contributed by atoms with Gasteiger partial charge in [0.2, 0.25) is 0 Å². The zero-order valence-corrected chi connectivity index (χ0v) is 22.0. The summed E-state index contributed by atoms with van der Waals surface area (Å²) in [5, 5.41) is 3.14. The molecule has 35 heavy (non-hydrogen) atoms. The quantitative estimate of drug-likeness (QED) is 0.465. The number of rotatable bonds is 12. The number of nitrogens with one attached hydrogen (secondary N) is 1. The lowest BCUT2D eigenvalue weighted by molar-refractivity contribution is 0.226. The predicted octanol–water partition coefficient (Wildman–Crippen LogP) is 3.23. The second kappa shape index (κ2) is 13.3. The molecule has 0 saturated carbocycles. The maximum atomic E-state index is 13.4. The smallest absolute Gasteiger partial charge is 0.322 e. The summed E-state index contributed by atoms with van der Waals surface area (Å²) < 4.78 is 13.7. The van der Waals surface area contributed by atoms with E-state index in [2.05, 4.69) is 45.8 Å². The molecule has 1 saturated heterocycles. The van der Waals surface area contributed by atoms with Crippen LogP contribution in [0.1, 0.15) is 31.4 Å². The molecule has 0 unspecified atom stereocenters. The zero-order valence-electron chi connectivity index (χ0n) is 22.0. The Hall–Kier alpha value is -2.78. The number of likely N-dealkylation sites (tertiary alicyclic amines) is 1. The number of nitrogens with zero attached hydrogens (tertiary/aromatic N) is 5. The maximum absolute atomic E-state index is 13.4. The van der Waals surface area contributed by atoms with Crippen LogP contribution >= 0.6 is 0 Å². The van der Waals surface area contributed by atoms with Gasteiger partial charge in [-0.15, -0.1) is 0 Å². The number of methoxy groups -OCH3 is 1. The van der Waals surface area contributed by atoms with Crippen molar-refractivity contribution in [1.82, 2.24) is 24.7 Å². The Bertz CT molecular complexity index is 924. The highest BCUT2D eigenvalue weighted by atomic mass is 16.5. The second-order valence-electron chi connectivity index (χ2n) is 9.56. The maximum Gasteiger partial charge on any atom is 0.322 e. The van der Waals surface area contributed by atoms with Gasteiger partial charge in [-0.3, -0.25) is 4.90 Å². The molecule has 3 rings (SSSR count). The third-order valence-corrected chi connectivity index (χ3v) is 6.48. The van der Waals surface area contributed by atoms with E-state index in [1.165, 1.54) is 0 Å². The molecule has 2 heterocycles. The molecule has 0 atom stereocenters. The van der Waals surface area contributed by atoms with Crippen LogP contribution in [0.2, 0.25) is 0 Å². The van der Waals surface area contributed by atoms with Crippen molar-refractivity contribution in [2.45, 2.75) is 45.2 Å². The third-order valence-electron chi connectivity index (χ3n) is 6.48. The van der Waals surface area contributed by atoms with Crippen molar-refractivity contribution in [1.29, 1.82) is 0 Å². The lowest BCUT2D eigenvalue weighted by atomic mass is 10.0. The van der Waals surface area contributed by atoms with Crippen LogP contribution in [0.5, 0.6) is 11.5 Å². The highest BCUT2D eigenvalue weighted by molar-refractivity contribution is 5.93. The number of anilines is 1. The van der Waals surface area contributed by atoms with Crippen LogP contribution in [-0.4, -0.2) is 92.5 Å². The summed E-state index contributed by atoms with van der Waals surface area (Å²) in [7, 11) is 7.88. The first kappa shape index (κ1) is 26.8. The van der Waals surface area contributed by atoms with E-state index in [1.54, 1.807) is 7.11 Å². The van der Waals surface area contributed by atoms with Crippen LogP contribution in [0.3, 0.4) is 0 Å². The molecule has 1 aromatic heterocycles. The molecule has 0 aliphatic carbocycles. The lowest BCUT2D eigenvalue weighted by Gasteiger charge is -2.37. The van der Waals surface area contributed by atoms with Gasteiger partial charge in [0.05, 0.1) is 20.0 Å². The van der Waals surface area contributed by atoms with Gasteiger partial charge < -0.3 is 29.2 Å². The molecule has 2 aromatic rings. The van der Waals surface area contributed by atoms with Crippen molar-refractivity contribution >= 4 is 11.7 Å². The number of benzene rings is 1. The fraction of sp³-hybridized carbons (Fsp3) is 0.615. The van der Waals surface area contributed by atoms with Gasteiger partial charge in [0, 0.05) is 49.3 Å². The Morgan fingerprint density at radius 3 is 2.63 bits per heavy atom. The van der Waals surface area contributed by atoms with Crippen molar-refractivity contribution in [3.8, 4) is 11.5 Å². The van der Waals surface area contributed by atoms with Crippen molar-refractivity contribution in [3.63, 3.8) is 0 Å². The zero-order chi connectivity index (χ0) is 25.2. The Kier molecular flexibility index (Phi) is 10.2. The molecular weight excluding hydrogens is 444 g/mol. The molecule has 9 nitrogen and oxygen atoms in total. The van der Waals surface area contributed by atoms with Gasteiger partial charge in [-0.1, -0.05) is 0 Å². The van der Waals surface area contributed by atoms with Crippen molar-refractivity contribution in [2.75, 3.05) is 65.9 Å². The van der Waals surface area contributed by atoms with Crippen LogP contribution in [0.15, 0.2) is 30.7 Å². The summed E-state index contributed by atoms with van der Waals surface area (Å²) in [6, 6.07) is 5.88. The first-order chi connectivity index (χ1) is 16.9. The minimum Gasteiger partial charge on any atom is -0.493 e. The van der Waals surface area contributed by atoms with Crippen LogP contribution in [-0.2, 0) is 6.54 Å². The highest BCUT2D eigenvalue weighted by Crippen LogP contribution is 2.34. The Balaban J connectivity index is 1.68. The summed E-state index contributed by atoms with van der Waals surface area (Å²) in [5.41, 5.74) is 1.96. The van der Waals surface area contributed by atoms with Crippen LogP contribution in [0.25, 0.3) is 0 Å². The number of carbonyl (C=O) groups excluding carboxylic acids is 1. The summed E-state index contributed by atoms with van der Waals surface area (Å²) in [6.45, 7) is 6.99. The van der Waals surface area contributed by atoms with Crippen LogP contribution in [0, 0.1) is 6.92 Å². The second-order valence-corrected chi connectivity index (χ2v) is 9.56. The van der Waals surface area contributed by atoms with E-state index in [9.17, 15) is 4.79 Å². The number of urea groups is 1. The highest BCUT2D eigenvalue weighted by Gasteiger charge is 2.29. The molecule has 0 bridgehead atoms. The van der Waals surface area contributed by atoms with E-state index in [-0.39, 0.29) is 12.1 Å². The molecule has 2 amide bonds. The number of hydrogen-bond acceptors (Lipinski definition) is 6. The first-order valence-electron chi connectivity index (χ1n) is 12.6. The number of imidazole rings is 1. The summed E-state index contributed by atoms with van der Waals surface area (Å²) in [6.07, 6.45) is 7.32. The molecule has 1 fully saturated rings. The first-order valence-corrected chi connectivity index (χ1v) is 12.6. The van der Waals surface area contributed by atoms with Gasteiger partial charge in [-0.25, -0.2) is 9.78 Å². The summed E-state index contributed by atoms with van der Waals surface area (Å²) in [5.74, 6) is 1.35. The third kappa shape index (κ3) is 7.86. The molecule has 1 aliphatic heterocycles. The molecule has 1 aliphatic rings. The average molecular weight is 487 g/mol. The van der Waals surface area contributed by atoms with Gasteiger partial charge >= 0.3 is 6.03 Å². The number of aromatic nitrogens is 2. The molecular formula is C26H42N6O3. The number of piperidine rings is 1. The Labute approximate surface area is 210 Å². The predicted molar refractivity (Wildman–Crippen MR) is 140 cm³/mol. The summed E-state index contributed by atoms with van der Waals surface area (Å²) in [4.78, 5) is 23.9. The largest absolute Gasteiger partial charge is 0.493 e. The number of carbonyl (C=O) groups is 1. The normalized spacial score (nSPS) is 14.8. The lowest BCUT2D eigenvalue weighted by Crippen LogP contribution is -2.50. The van der Waals surface area contributed by atoms with Gasteiger partial charge in [-0.05, 0) is 79.0 Å². The molecule has 1 aromatic carbocycles. The molecule has 9 heteroatoms. The minimum atomic E-state index is -0.0661. The topological polar surface area (TPSA) is 75.1 Å². The van der Waals surface area contributed by atoms with Gasteiger partial charge in [0.25, 0.3) is 0 Å². The standard InChI is InChI=1S/C26H42N6O3/c1-21-19-27-20-31(21)14-6-12-28-26(33)32(22-10-15-30(4)16-11-22)23-8-9-24(25(18-23)34-5)35-17-7-13-29(2)3/h8-9,18-20,22H,6-7,10-17H2,1-5H3,(H,28,33). The molecule has 1 N–H and O–H groups in total. The van der Waals surface area contributed by atoms with Crippen molar-refractivity contribution in [2.24, 2.45) is 0 Å². The fourth-order valence-corrected chi connectivity index (χ4v) is 4.39. The molecule has 194 valence electrons. The van der Waals surface area contributed by atoms with E-state index in [0.717, 1.165) is 63.2 Å². The number of hydrogen-bond donors (Lipinski definition) is 1. The number of amides is 2. The van der Waals surface area contributed by atoms with E-state index < -0.39 is 0 Å². The Morgan fingerprint density at radius 2 is 1.97 bits per heavy atom. The SMILES string of the molecule is COc1cc(N(C(=O)NCCCn2cncc2C)C2CCN(C)CC2)ccc1OCCCN(C)C. The van der Waals surface area contributed by atoms with E-state index >= 15 is 0 Å². The fourth-order valence-electron chi connectivity index (χ4n) is 4.39. The van der Waals surface area contributed by atoms with Gasteiger partial charge in [0.1, 0.15) is 0 Å². The number of aryl methyl sites for hydroxylation is 2. The van der Waals surface area contributed by atoms with E-state index in [4.69, 9.17) is 9.47 Å². The monoisotopic (exact) mass is 486 g/mol. The van der Waals surface area contributed by atoms with Crippen LogP contribution < -0.4 is 19.7 Å². The molecule has 0 radical (unpaired) electrons. The Morgan fingerprint density at radius 1 is 1.20 bits per heavy atom. The molecule has 0 spiro atoms. The van der Waals surface area contributed by atoms with E-state index in [0.29, 0.717) is 24.7 Å².